The maximum absolute atomic E-state index is 12.4. The number of nitrogens with zero attached hydrogens (tertiary/aromatic N) is 2. The number of carbonyl (C=O) groups excluding carboxylic acids is 2. The summed E-state index contributed by atoms with van der Waals surface area (Å²) >= 11 is 6.79. The standard InChI is InChI=1S/C17H23ClN4O5S/c1-8(23)11-12-9(3-5-21-15(24)10(20)7-18)14(28-6-2-4-19)13(17(26)27)22(12)16(11)25/h8-12,23H,2-3,5-7,20H2,1H3,(H,21,24)(H,26,27)/t8-,9-,10+,11-,12?/m1/s1. The van der Waals surface area contributed by atoms with Crippen LogP contribution in [-0.2, 0) is 14.4 Å². The lowest BCUT2D eigenvalue weighted by atomic mass is 9.77. The molecule has 1 unspecified atom stereocenters. The van der Waals surface area contributed by atoms with Gasteiger partial charge in [0.25, 0.3) is 0 Å². The van der Waals surface area contributed by atoms with E-state index in [0.29, 0.717) is 17.1 Å². The van der Waals surface area contributed by atoms with Crippen molar-refractivity contribution in [3.05, 3.63) is 10.6 Å². The first kappa shape index (κ1) is 22.5. The van der Waals surface area contributed by atoms with E-state index in [1.165, 1.54) is 23.6 Å². The number of nitrogens with one attached hydrogen (secondary N) is 1. The number of hydrogen-bond acceptors (Lipinski definition) is 7. The minimum atomic E-state index is -1.22. The number of nitrogens with two attached hydrogens (primary N) is 1. The van der Waals surface area contributed by atoms with Gasteiger partial charge in [0.15, 0.2) is 0 Å². The number of rotatable bonds is 10. The Morgan fingerprint density at radius 1 is 1.50 bits per heavy atom. The van der Waals surface area contributed by atoms with Crippen LogP contribution in [0, 0.1) is 23.2 Å². The summed E-state index contributed by atoms with van der Waals surface area (Å²) in [5.41, 5.74) is 5.48. The number of nitriles is 1. The number of hydrogen-bond donors (Lipinski definition) is 4. The van der Waals surface area contributed by atoms with Crippen molar-refractivity contribution in [2.24, 2.45) is 17.6 Å². The van der Waals surface area contributed by atoms with Crippen LogP contribution in [0.1, 0.15) is 19.8 Å². The maximum atomic E-state index is 12.4. The molecule has 1 saturated heterocycles. The highest BCUT2D eigenvalue weighted by molar-refractivity contribution is 8.03. The summed E-state index contributed by atoms with van der Waals surface area (Å²) in [6, 6.07) is 0.681. The highest BCUT2D eigenvalue weighted by atomic mass is 35.5. The van der Waals surface area contributed by atoms with Crippen LogP contribution < -0.4 is 11.1 Å². The molecule has 0 aromatic heterocycles. The van der Waals surface area contributed by atoms with Gasteiger partial charge in [-0.1, -0.05) is 0 Å². The van der Waals surface area contributed by atoms with Gasteiger partial charge in [-0.25, -0.2) is 4.79 Å². The third-order valence-electron chi connectivity index (χ3n) is 4.86. The second kappa shape index (κ2) is 9.60. The number of carboxylic acid groups (broad SMARTS) is 1. The second-order valence-electron chi connectivity index (χ2n) is 6.69. The average molecular weight is 431 g/mol. The first-order valence-corrected chi connectivity index (χ1v) is 10.4. The molecule has 28 heavy (non-hydrogen) atoms. The number of halogens is 1. The summed E-state index contributed by atoms with van der Waals surface area (Å²) in [6.07, 6.45) is -0.327. The van der Waals surface area contributed by atoms with E-state index in [4.69, 9.17) is 22.6 Å². The lowest BCUT2D eigenvalue weighted by Gasteiger charge is -2.47. The number of β-lactam (4-membered cyclic amide) rings is 1. The molecule has 2 rings (SSSR count). The highest BCUT2D eigenvalue weighted by Crippen LogP contribution is 2.51. The zero-order valence-corrected chi connectivity index (χ0v) is 16.9. The Bertz CT molecular complexity index is 723. The minimum absolute atomic E-state index is 0.0252. The Labute approximate surface area is 171 Å². The van der Waals surface area contributed by atoms with E-state index in [-0.39, 0.29) is 30.5 Å². The molecule has 0 spiro atoms. The Balaban J connectivity index is 2.23. The van der Waals surface area contributed by atoms with Gasteiger partial charge in [-0.05, 0) is 13.3 Å². The van der Waals surface area contributed by atoms with Gasteiger partial charge < -0.3 is 26.2 Å². The predicted octanol–water partition coefficient (Wildman–Crippen LogP) is -0.161. The summed E-state index contributed by atoms with van der Waals surface area (Å²) in [5.74, 6) is -2.76. The van der Waals surface area contributed by atoms with E-state index >= 15 is 0 Å². The molecule has 2 aliphatic heterocycles. The van der Waals surface area contributed by atoms with E-state index in [1.54, 1.807) is 0 Å². The molecule has 5 atom stereocenters. The Morgan fingerprint density at radius 3 is 2.71 bits per heavy atom. The number of aliphatic carboxylic acids is 1. The van der Waals surface area contributed by atoms with E-state index < -0.39 is 41.9 Å². The first-order valence-electron chi connectivity index (χ1n) is 8.83. The summed E-state index contributed by atoms with van der Waals surface area (Å²) in [4.78, 5) is 37.8. The number of alkyl halides is 1. The molecule has 0 saturated carbocycles. The normalized spacial score (nSPS) is 25.6. The van der Waals surface area contributed by atoms with Gasteiger partial charge in [-0.15, -0.1) is 23.4 Å². The SMILES string of the molecule is C[C@@H](O)[C@H]1C(=O)N2C(C(=O)O)=C(SCCC#N)[C@H](CCNC(=O)[C@@H](N)CCl)C12. The fourth-order valence-corrected chi connectivity index (χ4v) is 4.95. The van der Waals surface area contributed by atoms with Crippen LogP contribution >= 0.6 is 23.4 Å². The van der Waals surface area contributed by atoms with Crippen molar-refractivity contribution in [2.75, 3.05) is 18.2 Å². The number of carboxylic acids is 1. The van der Waals surface area contributed by atoms with Gasteiger partial charge >= 0.3 is 5.97 Å². The van der Waals surface area contributed by atoms with Crippen molar-refractivity contribution in [2.45, 2.75) is 38.0 Å². The van der Waals surface area contributed by atoms with Gasteiger partial charge in [0.2, 0.25) is 11.8 Å². The number of amides is 2. The topological polar surface area (TPSA) is 157 Å². The Hall–Kier alpha value is -1.80. The van der Waals surface area contributed by atoms with Crippen LogP contribution in [0.25, 0.3) is 0 Å². The van der Waals surface area contributed by atoms with Gasteiger partial charge in [-0.3, -0.25) is 9.59 Å². The zero-order valence-electron chi connectivity index (χ0n) is 15.3. The summed E-state index contributed by atoms with van der Waals surface area (Å²) in [6.45, 7) is 1.72. The fourth-order valence-electron chi connectivity index (χ4n) is 3.61. The van der Waals surface area contributed by atoms with Crippen LogP contribution in [-0.4, -0.2) is 69.3 Å². The van der Waals surface area contributed by atoms with Crippen LogP contribution in [0.4, 0.5) is 0 Å². The molecule has 0 aromatic rings. The lowest BCUT2D eigenvalue weighted by Crippen LogP contribution is -2.64. The lowest BCUT2D eigenvalue weighted by molar-refractivity contribution is -0.163. The second-order valence-corrected chi connectivity index (χ2v) is 8.13. The molecule has 154 valence electrons. The number of aliphatic hydroxyl groups is 1. The van der Waals surface area contributed by atoms with Gasteiger partial charge in [0.05, 0.1) is 30.2 Å². The Kier molecular flexibility index (Phi) is 7.71. The quantitative estimate of drug-likeness (QED) is 0.211. The largest absolute Gasteiger partial charge is 0.477 e. The van der Waals surface area contributed by atoms with E-state index in [2.05, 4.69) is 5.32 Å². The van der Waals surface area contributed by atoms with Crippen molar-refractivity contribution in [1.82, 2.24) is 10.2 Å². The molecule has 1 fully saturated rings. The predicted molar refractivity (Wildman–Crippen MR) is 103 cm³/mol. The van der Waals surface area contributed by atoms with Crippen molar-refractivity contribution in [3.8, 4) is 6.07 Å². The van der Waals surface area contributed by atoms with Crippen molar-refractivity contribution in [1.29, 1.82) is 5.26 Å². The van der Waals surface area contributed by atoms with E-state index in [9.17, 15) is 24.6 Å². The molecule has 9 nitrogen and oxygen atoms in total. The monoisotopic (exact) mass is 430 g/mol. The maximum Gasteiger partial charge on any atom is 0.353 e. The average Bonchev–Trinajstić information content (AvgIpc) is 2.91. The first-order chi connectivity index (χ1) is 13.3. The fraction of sp³-hybridized carbons (Fsp3) is 0.647. The van der Waals surface area contributed by atoms with Crippen LogP contribution in [0.3, 0.4) is 0 Å². The smallest absolute Gasteiger partial charge is 0.353 e. The molecular formula is C17H23ClN4O5S. The van der Waals surface area contributed by atoms with Crippen molar-refractivity contribution < 1.29 is 24.6 Å². The van der Waals surface area contributed by atoms with Crippen LogP contribution in [0.2, 0.25) is 0 Å². The molecule has 5 N–H and O–H groups in total. The molecule has 2 amide bonds. The molecule has 2 heterocycles. The van der Waals surface area contributed by atoms with Gasteiger partial charge in [0.1, 0.15) is 5.70 Å². The van der Waals surface area contributed by atoms with Gasteiger partial charge in [0, 0.05) is 35.4 Å². The molecule has 0 radical (unpaired) electrons. The number of aliphatic hydroxyl groups excluding tert-OH is 1. The van der Waals surface area contributed by atoms with Crippen molar-refractivity contribution in [3.63, 3.8) is 0 Å². The Morgan fingerprint density at radius 2 is 2.18 bits per heavy atom. The summed E-state index contributed by atoms with van der Waals surface area (Å²) in [5, 5.41) is 31.1. The molecule has 0 aromatic carbocycles. The summed E-state index contributed by atoms with van der Waals surface area (Å²) in [7, 11) is 0. The highest BCUT2D eigenvalue weighted by Gasteiger charge is 2.60. The van der Waals surface area contributed by atoms with E-state index in [0.717, 1.165) is 0 Å². The number of carbonyl (C=O) groups is 3. The minimum Gasteiger partial charge on any atom is -0.477 e. The number of thioether (sulfide) groups is 1. The van der Waals surface area contributed by atoms with Crippen molar-refractivity contribution >= 4 is 41.1 Å². The van der Waals surface area contributed by atoms with Crippen LogP contribution in [0.5, 0.6) is 0 Å². The van der Waals surface area contributed by atoms with Gasteiger partial charge in [-0.2, -0.15) is 5.26 Å². The van der Waals surface area contributed by atoms with Crippen LogP contribution in [0.15, 0.2) is 10.6 Å². The summed E-state index contributed by atoms with van der Waals surface area (Å²) < 4.78 is 0. The zero-order chi connectivity index (χ0) is 21.0. The third-order valence-corrected chi connectivity index (χ3v) is 6.41. The number of fused-ring (bicyclic) bond motifs is 1. The molecular weight excluding hydrogens is 408 g/mol. The molecule has 0 bridgehead atoms. The molecule has 11 heteroatoms. The van der Waals surface area contributed by atoms with E-state index in [1.807, 2.05) is 6.07 Å². The third kappa shape index (κ3) is 4.27. The molecule has 2 aliphatic rings. The molecule has 0 aliphatic carbocycles.